The van der Waals surface area contributed by atoms with Crippen LogP contribution in [0.15, 0.2) is 0 Å². The van der Waals surface area contributed by atoms with Crippen LogP contribution in [0, 0.1) is 17.8 Å². The second-order valence-corrected chi connectivity index (χ2v) is 7.15. The molecule has 0 aromatic carbocycles. The molecule has 0 saturated carbocycles. The third kappa shape index (κ3) is 3.71. The van der Waals surface area contributed by atoms with Gasteiger partial charge in [0.2, 0.25) is 0 Å². The molecule has 0 unspecified atom stereocenters. The van der Waals surface area contributed by atoms with Gasteiger partial charge in [0.15, 0.2) is 0 Å². The summed E-state index contributed by atoms with van der Waals surface area (Å²) in [4.78, 5) is 5.43. The molecule has 3 heterocycles. The summed E-state index contributed by atoms with van der Waals surface area (Å²) in [5.74, 6) is 2.76. The highest BCUT2D eigenvalue weighted by molar-refractivity contribution is 4.83. The maximum Gasteiger partial charge on any atom is 0.00248 e. The van der Waals surface area contributed by atoms with E-state index in [1.54, 1.807) is 0 Å². The largest absolute Gasteiger partial charge is 0.316 e. The van der Waals surface area contributed by atoms with Crippen LogP contribution in [0.5, 0.6) is 0 Å². The lowest BCUT2D eigenvalue weighted by Crippen LogP contribution is -2.41. The first-order chi connectivity index (χ1) is 9.31. The summed E-state index contributed by atoms with van der Waals surface area (Å²) in [6.07, 6.45) is 5.74. The van der Waals surface area contributed by atoms with Gasteiger partial charge in [0.25, 0.3) is 0 Å². The van der Waals surface area contributed by atoms with Crippen molar-refractivity contribution in [1.29, 1.82) is 0 Å². The third-order valence-corrected chi connectivity index (χ3v) is 5.59. The van der Waals surface area contributed by atoms with Gasteiger partial charge < -0.3 is 15.1 Å². The molecule has 3 nitrogen and oxygen atoms in total. The Morgan fingerprint density at radius 1 is 0.895 bits per heavy atom. The standard InChI is InChI=1S/C16H31N3/c1-14-10-17-11-16(14)13-19-8-4-15(5-9-19)12-18-6-2-3-7-18/h14-17H,2-13H2,1H3/t14-,16+/m1/s1. The van der Waals surface area contributed by atoms with Crippen LogP contribution in [0.1, 0.15) is 32.6 Å². The molecule has 3 fully saturated rings. The molecule has 2 atom stereocenters. The van der Waals surface area contributed by atoms with Gasteiger partial charge in [-0.1, -0.05) is 6.92 Å². The summed E-state index contributed by atoms with van der Waals surface area (Å²) in [6.45, 7) is 13.0. The molecular weight excluding hydrogens is 234 g/mol. The Morgan fingerprint density at radius 2 is 1.58 bits per heavy atom. The van der Waals surface area contributed by atoms with Gasteiger partial charge in [0.1, 0.15) is 0 Å². The molecule has 3 aliphatic rings. The van der Waals surface area contributed by atoms with Crippen molar-refractivity contribution < 1.29 is 0 Å². The van der Waals surface area contributed by atoms with Gasteiger partial charge in [0, 0.05) is 13.1 Å². The zero-order valence-corrected chi connectivity index (χ0v) is 12.6. The zero-order chi connectivity index (χ0) is 13.1. The van der Waals surface area contributed by atoms with E-state index in [4.69, 9.17) is 0 Å². The monoisotopic (exact) mass is 265 g/mol. The molecule has 3 rings (SSSR count). The van der Waals surface area contributed by atoms with Gasteiger partial charge >= 0.3 is 0 Å². The molecule has 0 bridgehead atoms. The molecule has 0 aromatic heterocycles. The van der Waals surface area contributed by atoms with Crippen molar-refractivity contribution in [3.63, 3.8) is 0 Å². The highest BCUT2D eigenvalue weighted by atomic mass is 15.2. The van der Waals surface area contributed by atoms with Crippen LogP contribution in [-0.4, -0.2) is 62.2 Å². The first-order valence-electron chi connectivity index (χ1n) is 8.46. The van der Waals surface area contributed by atoms with E-state index in [1.807, 2.05) is 0 Å². The molecule has 110 valence electrons. The average molecular weight is 265 g/mol. The molecular formula is C16H31N3. The molecule has 3 aliphatic heterocycles. The van der Waals surface area contributed by atoms with Crippen molar-refractivity contribution in [3.8, 4) is 0 Å². The molecule has 1 N–H and O–H groups in total. The second-order valence-electron chi connectivity index (χ2n) is 7.15. The van der Waals surface area contributed by atoms with E-state index in [9.17, 15) is 0 Å². The predicted octanol–water partition coefficient (Wildman–Crippen LogP) is 1.65. The van der Waals surface area contributed by atoms with E-state index >= 15 is 0 Å². The molecule has 19 heavy (non-hydrogen) atoms. The fourth-order valence-electron chi connectivity index (χ4n) is 4.12. The van der Waals surface area contributed by atoms with E-state index in [0.29, 0.717) is 0 Å². The lowest BCUT2D eigenvalue weighted by Gasteiger charge is -2.35. The highest BCUT2D eigenvalue weighted by Crippen LogP contribution is 2.23. The maximum absolute atomic E-state index is 3.54. The first-order valence-corrected chi connectivity index (χ1v) is 8.46. The van der Waals surface area contributed by atoms with Crippen molar-refractivity contribution in [1.82, 2.24) is 15.1 Å². The molecule has 3 saturated heterocycles. The van der Waals surface area contributed by atoms with E-state index in [-0.39, 0.29) is 0 Å². The summed E-state index contributed by atoms with van der Waals surface area (Å²) in [6, 6.07) is 0. The maximum atomic E-state index is 3.54. The third-order valence-electron chi connectivity index (χ3n) is 5.59. The van der Waals surface area contributed by atoms with Crippen LogP contribution in [0.25, 0.3) is 0 Å². The summed E-state index contributed by atoms with van der Waals surface area (Å²) in [7, 11) is 0. The van der Waals surface area contributed by atoms with Crippen molar-refractivity contribution in [2.24, 2.45) is 17.8 Å². The summed E-state index contributed by atoms with van der Waals surface area (Å²) in [5, 5.41) is 3.54. The van der Waals surface area contributed by atoms with Gasteiger partial charge in [-0.05, 0) is 82.7 Å². The number of rotatable bonds is 4. The second kappa shape index (κ2) is 6.55. The van der Waals surface area contributed by atoms with Gasteiger partial charge in [-0.3, -0.25) is 0 Å². The Hall–Kier alpha value is -0.120. The molecule has 0 aliphatic carbocycles. The number of likely N-dealkylation sites (tertiary alicyclic amines) is 2. The molecule has 3 heteroatoms. The van der Waals surface area contributed by atoms with E-state index in [1.165, 1.54) is 78.0 Å². The lowest BCUT2D eigenvalue weighted by atomic mass is 9.93. The van der Waals surface area contributed by atoms with E-state index in [0.717, 1.165) is 17.8 Å². The first kappa shape index (κ1) is 13.8. The summed E-state index contributed by atoms with van der Waals surface area (Å²) >= 11 is 0. The van der Waals surface area contributed by atoms with Crippen molar-refractivity contribution in [2.75, 3.05) is 52.4 Å². The molecule has 0 amide bonds. The average Bonchev–Trinajstić information content (AvgIpc) is 3.05. The zero-order valence-electron chi connectivity index (χ0n) is 12.6. The fourth-order valence-corrected chi connectivity index (χ4v) is 4.12. The quantitative estimate of drug-likeness (QED) is 0.834. The topological polar surface area (TPSA) is 18.5 Å². The Morgan fingerprint density at radius 3 is 2.21 bits per heavy atom. The van der Waals surface area contributed by atoms with Crippen LogP contribution in [0.2, 0.25) is 0 Å². The minimum atomic E-state index is 0.877. The summed E-state index contributed by atoms with van der Waals surface area (Å²) in [5.41, 5.74) is 0. The summed E-state index contributed by atoms with van der Waals surface area (Å²) < 4.78 is 0. The Balaban J connectivity index is 1.37. The van der Waals surface area contributed by atoms with E-state index in [2.05, 4.69) is 22.0 Å². The Bertz CT molecular complexity index is 267. The molecule has 0 aromatic rings. The lowest BCUT2D eigenvalue weighted by molar-refractivity contribution is 0.134. The number of hydrogen-bond donors (Lipinski definition) is 1. The fraction of sp³-hybridized carbons (Fsp3) is 1.00. The van der Waals surface area contributed by atoms with Crippen molar-refractivity contribution in [2.45, 2.75) is 32.6 Å². The van der Waals surface area contributed by atoms with Crippen molar-refractivity contribution in [3.05, 3.63) is 0 Å². The van der Waals surface area contributed by atoms with Crippen LogP contribution in [0.4, 0.5) is 0 Å². The molecule has 0 spiro atoms. The number of nitrogens with zero attached hydrogens (tertiary/aromatic N) is 2. The van der Waals surface area contributed by atoms with Gasteiger partial charge in [0.05, 0.1) is 0 Å². The van der Waals surface area contributed by atoms with Crippen LogP contribution in [0.3, 0.4) is 0 Å². The number of nitrogens with one attached hydrogen (secondary N) is 1. The minimum absolute atomic E-state index is 0.877. The molecule has 0 radical (unpaired) electrons. The van der Waals surface area contributed by atoms with E-state index < -0.39 is 0 Å². The number of hydrogen-bond acceptors (Lipinski definition) is 3. The number of piperidine rings is 1. The SMILES string of the molecule is C[C@@H]1CNC[C@H]1CN1CCC(CN2CCCC2)CC1. The van der Waals surface area contributed by atoms with Gasteiger partial charge in [-0.25, -0.2) is 0 Å². The van der Waals surface area contributed by atoms with Crippen LogP contribution < -0.4 is 5.32 Å². The Labute approximate surface area is 118 Å². The minimum Gasteiger partial charge on any atom is -0.316 e. The normalized spacial score (nSPS) is 35.2. The van der Waals surface area contributed by atoms with Crippen LogP contribution >= 0.6 is 0 Å². The van der Waals surface area contributed by atoms with Gasteiger partial charge in [-0.2, -0.15) is 0 Å². The smallest absolute Gasteiger partial charge is 0.00248 e. The van der Waals surface area contributed by atoms with Crippen molar-refractivity contribution >= 4 is 0 Å². The van der Waals surface area contributed by atoms with Gasteiger partial charge in [-0.15, -0.1) is 0 Å². The van der Waals surface area contributed by atoms with Crippen LogP contribution in [-0.2, 0) is 0 Å². The highest BCUT2D eigenvalue weighted by Gasteiger charge is 2.28. The predicted molar refractivity (Wildman–Crippen MR) is 80.4 cm³/mol. The Kier molecular flexibility index (Phi) is 4.78.